The molecule has 17 heavy (non-hydrogen) atoms. The predicted octanol–water partition coefficient (Wildman–Crippen LogP) is 2.40. The zero-order valence-corrected chi connectivity index (χ0v) is 11.5. The summed E-state index contributed by atoms with van der Waals surface area (Å²) in [5.74, 6) is 0.353. The molecular weight excluding hydrogens is 335 g/mol. The molecule has 4 nitrogen and oxygen atoms in total. The number of ether oxygens (including phenoxy) is 3. The lowest BCUT2D eigenvalue weighted by Gasteiger charge is -2.14. The summed E-state index contributed by atoms with van der Waals surface area (Å²) in [4.78, 5) is 11.8. The fourth-order valence-corrected chi connectivity index (χ4v) is 2.15. The number of hydrogen-bond donors (Lipinski definition) is 0. The van der Waals surface area contributed by atoms with Crippen molar-refractivity contribution in [2.75, 3.05) is 13.7 Å². The number of halogens is 1. The van der Waals surface area contributed by atoms with Crippen molar-refractivity contribution in [3.63, 3.8) is 0 Å². The van der Waals surface area contributed by atoms with E-state index in [2.05, 4.69) is 22.6 Å². The van der Waals surface area contributed by atoms with Crippen molar-refractivity contribution in [1.29, 1.82) is 0 Å². The van der Waals surface area contributed by atoms with E-state index in [4.69, 9.17) is 14.2 Å². The van der Waals surface area contributed by atoms with Crippen LogP contribution in [0, 0.1) is 0 Å². The van der Waals surface area contributed by atoms with Gasteiger partial charge in [-0.2, -0.15) is 0 Å². The highest BCUT2D eigenvalue weighted by Gasteiger charge is 2.29. The molecule has 92 valence electrons. The van der Waals surface area contributed by atoms with Crippen LogP contribution in [0.3, 0.4) is 0 Å². The summed E-state index contributed by atoms with van der Waals surface area (Å²) in [5.41, 5.74) is 0.505. The van der Waals surface area contributed by atoms with Crippen LogP contribution in [0.4, 0.5) is 0 Å². The Morgan fingerprint density at radius 2 is 2.12 bits per heavy atom. The van der Waals surface area contributed by atoms with Crippen LogP contribution in [0.1, 0.15) is 16.8 Å². The molecule has 1 heterocycles. The molecule has 5 heteroatoms. The van der Waals surface area contributed by atoms with E-state index >= 15 is 0 Å². The van der Waals surface area contributed by atoms with Crippen LogP contribution < -0.4 is 4.74 Å². The Labute approximate surface area is 113 Å². The van der Waals surface area contributed by atoms with Gasteiger partial charge >= 0.3 is 5.97 Å². The number of alkyl halides is 1. The van der Waals surface area contributed by atoms with Gasteiger partial charge in [-0.05, 0) is 30.7 Å². The first kappa shape index (κ1) is 12.6. The fraction of sp³-hybridized carbons (Fsp3) is 0.417. The minimum atomic E-state index is -0.426. The van der Waals surface area contributed by atoms with E-state index < -0.39 is 6.29 Å². The van der Waals surface area contributed by atoms with E-state index in [9.17, 15) is 4.79 Å². The standard InChI is InChI=1S/C12H13IO4/c1-15-9-4-2-8(3-5-9)11(14)17-12-10(13)6-7-16-12/h2-5,10,12H,6-7H2,1H3/t10-,12+/m1/s1. The molecule has 0 aliphatic carbocycles. The molecule has 0 radical (unpaired) electrons. The van der Waals surface area contributed by atoms with Crippen LogP contribution in [0.5, 0.6) is 5.75 Å². The Hall–Kier alpha value is -0.820. The molecule has 0 aromatic heterocycles. The van der Waals surface area contributed by atoms with Crippen LogP contribution >= 0.6 is 22.6 Å². The van der Waals surface area contributed by atoms with E-state index in [1.165, 1.54) is 0 Å². The van der Waals surface area contributed by atoms with Crippen molar-refractivity contribution in [3.05, 3.63) is 29.8 Å². The Bertz CT molecular complexity index is 390. The Morgan fingerprint density at radius 1 is 1.41 bits per heavy atom. The van der Waals surface area contributed by atoms with Gasteiger partial charge in [0.25, 0.3) is 0 Å². The highest BCUT2D eigenvalue weighted by Crippen LogP contribution is 2.23. The predicted molar refractivity (Wildman–Crippen MR) is 70.6 cm³/mol. The smallest absolute Gasteiger partial charge is 0.340 e. The molecule has 0 amide bonds. The summed E-state index contributed by atoms with van der Waals surface area (Å²) >= 11 is 2.24. The van der Waals surface area contributed by atoms with Crippen molar-refractivity contribution in [1.82, 2.24) is 0 Å². The quantitative estimate of drug-likeness (QED) is 0.478. The van der Waals surface area contributed by atoms with Crippen molar-refractivity contribution in [3.8, 4) is 5.75 Å². The highest BCUT2D eigenvalue weighted by molar-refractivity contribution is 14.1. The molecule has 1 saturated heterocycles. The number of rotatable bonds is 3. The molecule has 0 unspecified atom stereocenters. The normalized spacial score (nSPS) is 23.4. The van der Waals surface area contributed by atoms with Crippen molar-refractivity contribution in [2.45, 2.75) is 16.6 Å². The summed E-state index contributed by atoms with van der Waals surface area (Å²) in [6.07, 6.45) is 0.492. The van der Waals surface area contributed by atoms with Crippen LogP contribution in [-0.2, 0) is 9.47 Å². The lowest BCUT2D eigenvalue weighted by Crippen LogP contribution is -2.23. The van der Waals surface area contributed by atoms with Crippen molar-refractivity contribution >= 4 is 28.6 Å². The van der Waals surface area contributed by atoms with E-state index in [-0.39, 0.29) is 9.89 Å². The van der Waals surface area contributed by atoms with Gasteiger partial charge in [-0.3, -0.25) is 0 Å². The summed E-state index contributed by atoms with van der Waals surface area (Å²) in [6.45, 7) is 0.647. The van der Waals surface area contributed by atoms with Crippen LogP contribution in [0.2, 0.25) is 0 Å². The number of esters is 1. The molecular formula is C12H13IO4. The number of benzene rings is 1. The van der Waals surface area contributed by atoms with Gasteiger partial charge in [0, 0.05) is 0 Å². The van der Waals surface area contributed by atoms with Gasteiger partial charge < -0.3 is 14.2 Å². The van der Waals surface area contributed by atoms with E-state index in [1.54, 1.807) is 31.4 Å². The van der Waals surface area contributed by atoms with Gasteiger partial charge in [0.05, 0.1) is 23.2 Å². The molecule has 1 aromatic rings. The monoisotopic (exact) mass is 348 g/mol. The molecule has 0 spiro atoms. The zero-order valence-electron chi connectivity index (χ0n) is 9.39. The lowest BCUT2D eigenvalue weighted by atomic mass is 10.2. The summed E-state index contributed by atoms with van der Waals surface area (Å²) in [6, 6.07) is 6.82. The molecule has 0 bridgehead atoms. The van der Waals surface area contributed by atoms with Gasteiger partial charge in [0.2, 0.25) is 6.29 Å². The molecule has 1 aromatic carbocycles. The molecule has 1 aliphatic heterocycles. The second-order valence-electron chi connectivity index (χ2n) is 3.68. The zero-order chi connectivity index (χ0) is 12.3. The molecule has 2 rings (SSSR count). The minimum Gasteiger partial charge on any atom is -0.497 e. The average Bonchev–Trinajstić information content (AvgIpc) is 2.75. The minimum absolute atomic E-state index is 0.231. The fourth-order valence-electron chi connectivity index (χ4n) is 1.55. The van der Waals surface area contributed by atoms with Gasteiger partial charge in [-0.15, -0.1) is 0 Å². The van der Waals surface area contributed by atoms with Crippen LogP contribution in [0.25, 0.3) is 0 Å². The Balaban J connectivity index is 1.99. The Kier molecular flexibility index (Phi) is 4.22. The van der Waals surface area contributed by atoms with Gasteiger partial charge in [0.1, 0.15) is 5.75 Å². The number of carbonyl (C=O) groups excluding carboxylic acids is 1. The molecule has 1 aliphatic rings. The maximum atomic E-state index is 11.8. The molecule has 2 atom stereocenters. The summed E-state index contributed by atoms with van der Waals surface area (Å²) < 4.78 is 15.9. The maximum Gasteiger partial charge on any atom is 0.340 e. The highest BCUT2D eigenvalue weighted by atomic mass is 127. The first-order chi connectivity index (χ1) is 8.20. The summed E-state index contributed by atoms with van der Waals surface area (Å²) in [7, 11) is 1.58. The van der Waals surface area contributed by atoms with Crippen molar-refractivity contribution < 1.29 is 19.0 Å². The first-order valence-corrected chi connectivity index (χ1v) is 6.56. The van der Waals surface area contributed by atoms with Crippen molar-refractivity contribution in [2.24, 2.45) is 0 Å². The van der Waals surface area contributed by atoms with Gasteiger partial charge in [-0.25, -0.2) is 4.79 Å². The lowest BCUT2D eigenvalue weighted by molar-refractivity contribution is -0.0737. The third kappa shape index (κ3) is 3.10. The van der Waals surface area contributed by atoms with Gasteiger partial charge in [0.15, 0.2) is 0 Å². The number of methoxy groups -OCH3 is 1. The second kappa shape index (κ2) is 5.68. The largest absolute Gasteiger partial charge is 0.497 e. The number of hydrogen-bond acceptors (Lipinski definition) is 4. The molecule has 1 fully saturated rings. The molecule has 0 N–H and O–H groups in total. The van der Waals surface area contributed by atoms with Gasteiger partial charge in [-0.1, -0.05) is 22.6 Å². The molecule has 0 saturated carbocycles. The van der Waals surface area contributed by atoms with Crippen LogP contribution in [0.15, 0.2) is 24.3 Å². The Morgan fingerprint density at radius 3 is 2.65 bits per heavy atom. The number of carbonyl (C=O) groups is 1. The summed E-state index contributed by atoms with van der Waals surface area (Å²) in [5, 5.41) is 0. The van der Waals surface area contributed by atoms with E-state index in [0.717, 1.165) is 6.42 Å². The van der Waals surface area contributed by atoms with Crippen LogP contribution in [-0.4, -0.2) is 29.9 Å². The maximum absolute atomic E-state index is 11.8. The SMILES string of the molecule is COc1ccc(C(=O)O[C@@H]2OCC[C@H]2I)cc1. The van der Waals surface area contributed by atoms with E-state index in [1.807, 2.05) is 0 Å². The average molecular weight is 348 g/mol. The topological polar surface area (TPSA) is 44.8 Å². The third-order valence-electron chi connectivity index (χ3n) is 2.52. The first-order valence-electron chi connectivity index (χ1n) is 5.31. The second-order valence-corrected chi connectivity index (χ2v) is 5.28. The van der Waals surface area contributed by atoms with E-state index in [0.29, 0.717) is 17.9 Å². The third-order valence-corrected chi connectivity index (χ3v) is 3.73.